The number of rotatable bonds is 3. The minimum atomic E-state index is 0.296. The summed E-state index contributed by atoms with van der Waals surface area (Å²) in [4.78, 5) is 0. The summed E-state index contributed by atoms with van der Waals surface area (Å²) < 4.78 is 5.57. The van der Waals surface area contributed by atoms with Crippen LogP contribution in [0.1, 0.15) is 11.1 Å². The van der Waals surface area contributed by atoms with Crippen molar-refractivity contribution in [1.82, 2.24) is 0 Å². The molecule has 0 fully saturated rings. The van der Waals surface area contributed by atoms with Crippen LogP contribution in [-0.4, -0.2) is 0 Å². The Kier molecular flexibility index (Phi) is 4.16. The fourth-order valence-corrected chi connectivity index (χ4v) is 1.90. The molecule has 5 heteroatoms. The highest BCUT2D eigenvalue weighted by Gasteiger charge is 2.04. The highest BCUT2D eigenvalue weighted by atomic mass is 35.5. The maximum atomic E-state index is 8.75. The molecule has 0 atom stereocenters. The van der Waals surface area contributed by atoms with Crippen LogP contribution in [0.3, 0.4) is 0 Å². The molecule has 0 aromatic heterocycles. The van der Waals surface area contributed by atoms with Gasteiger partial charge in [-0.15, -0.1) is 0 Å². The number of nitriles is 1. The number of hydrogen-bond acceptors (Lipinski definition) is 3. The summed E-state index contributed by atoms with van der Waals surface area (Å²) in [5.41, 5.74) is 7.44. The van der Waals surface area contributed by atoms with Crippen LogP contribution in [0, 0.1) is 11.3 Å². The molecule has 2 aromatic carbocycles. The Morgan fingerprint density at radius 2 is 1.89 bits per heavy atom. The minimum absolute atomic E-state index is 0.296. The SMILES string of the molecule is N#Cc1ccc(COc2ccc(N)c(Cl)c2)c(Cl)c1. The maximum absolute atomic E-state index is 8.75. The van der Waals surface area contributed by atoms with Crippen molar-refractivity contribution >= 4 is 28.9 Å². The lowest BCUT2D eigenvalue weighted by molar-refractivity contribution is 0.306. The van der Waals surface area contributed by atoms with E-state index in [0.717, 1.165) is 5.56 Å². The van der Waals surface area contributed by atoms with Crippen LogP contribution >= 0.6 is 23.2 Å². The average molecular weight is 293 g/mol. The third-order valence-electron chi connectivity index (χ3n) is 2.55. The molecule has 0 unspecified atom stereocenters. The summed E-state index contributed by atoms with van der Waals surface area (Å²) in [6.45, 7) is 0.296. The van der Waals surface area contributed by atoms with Crippen LogP contribution in [-0.2, 0) is 6.61 Å². The van der Waals surface area contributed by atoms with Gasteiger partial charge in [0.05, 0.1) is 22.3 Å². The van der Waals surface area contributed by atoms with Gasteiger partial charge in [0.15, 0.2) is 0 Å². The summed E-state index contributed by atoms with van der Waals surface area (Å²) >= 11 is 12.0. The Labute approximate surface area is 121 Å². The number of nitrogen functional groups attached to an aromatic ring is 1. The van der Waals surface area contributed by atoms with Gasteiger partial charge in [-0.2, -0.15) is 5.26 Å². The third kappa shape index (κ3) is 3.31. The number of anilines is 1. The molecule has 0 heterocycles. The first kappa shape index (κ1) is 13.5. The number of benzene rings is 2. The Hall–Kier alpha value is -1.89. The fourth-order valence-electron chi connectivity index (χ4n) is 1.49. The summed E-state index contributed by atoms with van der Waals surface area (Å²) in [6, 6.07) is 12.2. The molecule has 96 valence electrons. The van der Waals surface area contributed by atoms with Gasteiger partial charge in [0.2, 0.25) is 0 Å². The zero-order valence-corrected chi connectivity index (χ0v) is 11.4. The van der Waals surface area contributed by atoms with Crippen LogP contribution in [0.25, 0.3) is 0 Å². The summed E-state index contributed by atoms with van der Waals surface area (Å²) in [5, 5.41) is 9.70. The number of halogens is 2. The smallest absolute Gasteiger partial charge is 0.121 e. The molecule has 0 bridgehead atoms. The standard InChI is InChI=1S/C14H10Cl2N2O/c15-12-5-9(7-17)1-2-10(12)8-19-11-3-4-14(18)13(16)6-11/h1-6H,8,18H2. The molecule has 0 saturated carbocycles. The Morgan fingerprint density at radius 3 is 2.53 bits per heavy atom. The maximum Gasteiger partial charge on any atom is 0.121 e. The van der Waals surface area contributed by atoms with Gasteiger partial charge in [-0.3, -0.25) is 0 Å². The Bertz CT molecular complexity index is 650. The molecule has 0 aliphatic rings. The number of ether oxygens (including phenoxy) is 1. The van der Waals surface area contributed by atoms with Gasteiger partial charge in [-0.05, 0) is 24.3 Å². The summed E-state index contributed by atoms with van der Waals surface area (Å²) in [7, 11) is 0. The van der Waals surface area contributed by atoms with Crippen LogP contribution in [0.4, 0.5) is 5.69 Å². The number of hydrogen-bond donors (Lipinski definition) is 1. The zero-order chi connectivity index (χ0) is 13.8. The second kappa shape index (κ2) is 5.83. The quantitative estimate of drug-likeness (QED) is 0.869. The topological polar surface area (TPSA) is 59.0 Å². The van der Waals surface area contributed by atoms with E-state index in [2.05, 4.69) is 0 Å². The molecular weight excluding hydrogens is 283 g/mol. The zero-order valence-electron chi connectivity index (χ0n) is 9.86. The largest absolute Gasteiger partial charge is 0.489 e. The van der Waals surface area contributed by atoms with Gasteiger partial charge in [0, 0.05) is 16.7 Å². The lowest BCUT2D eigenvalue weighted by Gasteiger charge is -2.09. The van der Waals surface area contributed by atoms with Crippen LogP contribution < -0.4 is 10.5 Å². The van der Waals surface area contributed by atoms with E-state index in [1.165, 1.54) is 0 Å². The molecule has 2 aromatic rings. The third-order valence-corrected chi connectivity index (χ3v) is 3.23. The Balaban J connectivity index is 2.10. The van der Waals surface area contributed by atoms with Crippen molar-refractivity contribution in [3.8, 4) is 11.8 Å². The molecule has 19 heavy (non-hydrogen) atoms. The van der Waals surface area contributed by atoms with Crippen molar-refractivity contribution in [2.24, 2.45) is 0 Å². The molecular formula is C14H10Cl2N2O. The first-order chi connectivity index (χ1) is 9.10. The van der Waals surface area contributed by atoms with E-state index in [4.69, 9.17) is 38.9 Å². The van der Waals surface area contributed by atoms with Crippen molar-refractivity contribution in [2.75, 3.05) is 5.73 Å². The normalized spacial score (nSPS) is 9.95. The predicted molar refractivity (Wildman–Crippen MR) is 76.4 cm³/mol. The van der Waals surface area contributed by atoms with E-state index >= 15 is 0 Å². The molecule has 2 rings (SSSR count). The molecule has 0 radical (unpaired) electrons. The molecule has 3 nitrogen and oxygen atoms in total. The first-order valence-electron chi connectivity index (χ1n) is 5.46. The van der Waals surface area contributed by atoms with Crippen LogP contribution in [0.5, 0.6) is 5.75 Å². The van der Waals surface area contributed by atoms with Crippen molar-refractivity contribution in [3.05, 3.63) is 57.6 Å². The number of nitrogens with two attached hydrogens (primary N) is 1. The van der Waals surface area contributed by atoms with Crippen molar-refractivity contribution in [3.63, 3.8) is 0 Å². The van der Waals surface area contributed by atoms with E-state index < -0.39 is 0 Å². The molecule has 0 spiro atoms. The van der Waals surface area contributed by atoms with Crippen molar-refractivity contribution < 1.29 is 4.74 Å². The second-order valence-corrected chi connectivity index (χ2v) is 4.70. The molecule has 2 N–H and O–H groups in total. The van der Waals surface area contributed by atoms with Gasteiger partial charge in [0.1, 0.15) is 12.4 Å². The van der Waals surface area contributed by atoms with E-state index in [0.29, 0.717) is 33.7 Å². The van der Waals surface area contributed by atoms with Gasteiger partial charge in [-0.25, -0.2) is 0 Å². The van der Waals surface area contributed by atoms with Crippen molar-refractivity contribution in [2.45, 2.75) is 6.61 Å². The monoisotopic (exact) mass is 292 g/mol. The second-order valence-electron chi connectivity index (χ2n) is 3.89. The van der Waals surface area contributed by atoms with E-state index in [9.17, 15) is 0 Å². The van der Waals surface area contributed by atoms with E-state index in [-0.39, 0.29) is 0 Å². The summed E-state index contributed by atoms with van der Waals surface area (Å²) in [6.07, 6.45) is 0. The number of nitrogens with zero attached hydrogens (tertiary/aromatic N) is 1. The Morgan fingerprint density at radius 1 is 1.11 bits per heavy atom. The van der Waals surface area contributed by atoms with Crippen LogP contribution in [0.2, 0.25) is 10.0 Å². The van der Waals surface area contributed by atoms with E-state index in [1.807, 2.05) is 6.07 Å². The summed E-state index contributed by atoms with van der Waals surface area (Å²) in [5.74, 6) is 0.611. The highest BCUT2D eigenvalue weighted by Crippen LogP contribution is 2.25. The van der Waals surface area contributed by atoms with Gasteiger partial charge in [0.25, 0.3) is 0 Å². The van der Waals surface area contributed by atoms with Gasteiger partial charge in [-0.1, -0.05) is 29.3 Å². The molecule has 0 saturated heterocycles. The lowest BCUT2D eigenvalue weighted by Crippen LogP contribution is -1.97. The lowest BCUT2D eigenvalue weighted by atomic mass is 10.1. The fraction of sp³-hybridized carbons (Fsp3) is 0.0714. The molecule has 0 aliphatic carbocycles. The van der Waals surface area contributed by atoms with E-state index in [1.54, 1.807) is 36.4 Å². The highest BCUT2D eigenvalue weighted by molar-refractivity contribution is 6.33. The van der Waals surface area contributed by atoms with Crippen molar-refractivity contribution in [1.29, 1.82) is 5.26 Å². The molecule has 0 aliphatic heterocycles. The van der Waals surface area contributed by atoms with Gasteiger partial charge >= 0.3 is 0 Å². The molecule has 0 amide bonds. The van der Waals surface area contributed by atoms with Crippen LogP contribution in [0.15, 0.2) is 36.4 Å². The average Bonchev–Trinajstić information content (AvgIpc) is 2.41. The van der Waals surface area contributed by atoms with Gasteiger partial charge < -0.3 is 10.5 Å². The predicted octanol–water partition coefficient (Wildman–Crippen LogP) is 4.03. The minimum Gasteiger partial charge on any atom is -0.489 e. The first-order valence-corrected chi connectivity index (χ1v) is 6.22.